The van der Waals surface area contributed by atoms with E-state index in [1.54, 1.807) is 33.5 Å². The van der Waals surface area contributed by atoms with Crippen LogP contribution in [0.2, 0.25) is 5.02 Å². The van der Waals surface area contributed by atoms with Crippen molar-refractivity contribution in [3.05, 3.63) is 81.5 Å². The first-order chi connectivity index (χ1) is 17.5. The third-order valence-electron chi connectivity index (χ3n) is 7.08. The molecular formula is C29H28ClNO5. The lowest BCUT2D eigenvalue weighted by Crippen LogP contribution is -2.29. The van der Waals surface area contributed by atoms with Gasteiger partial charge in [-0.2, -0.15) is 0 Å². The van der Waals surface area contributed by atoms with Crippen molar-refractivity contribution in [1.82, 2.24) is 0 Å². The Morgan fingerprint density at radius 2 is 1.67 bits per heavy atom. The topological polar surface area (TPSA) is 61.1 Å². The maximum Gasteiger partial charge on any atom is 0.197 e. The summed E-state index contributed by atoms with van der Waals surface area (Å²) in [4.78, 5) is 15.8. The molecule has 2 atom stereocenters. The Hall–Kier alpha value is -3.64. The molecule has 0 amide bonds. The van der Waals surface area contributed by atoms with Crippen molar-refractivity contribution < 1.29 is 18.6 Å². The number of hydrogen-bond acceptors (Lipinski definition) is 6. The largest absolute Gasteiger partial charge is 0.497 e. The molecule has 0 aliphatic carbocycles. The number of ether oxygens (including phenoxy) is 3. The minimum atomic E-state index is -0.190. The van der Waals surface area contributed by atoms with Gasteiger partial charge in [0.25, 0.3) is 0 Å². The molecule has 1 aliphatic rings. The molecule has 0 spiro atoms. The number of nitrogens with zero attached hydrogens (tertiary/aromatic N) is 1. The Morgan fingerprint density at radius 3 is 2.33 bits per heavy atom. The van der Waals surface area contributed by atoms with Crippen LogP contribution in [0.15, 0.2) is 69.9 Å². The Labute approximate surface area is 215 Å². The molecule has 0 radical (unpaired) electrons. The van der Waals surface area contributed by atoms with Gasteiger partial charge in [0.1, 0.15) is 34.0 Å². The first kappa shape index (κ1) is 24.1. The molecule has 186 valence electrons. The van der Waals surface area contributed by atoms with Gasteiger partial charge in [-0.15, -0.1) is 0 Å². The highest BCUT2D eigenvalue weighted by Crippen LogP contribution is 2.46. The van der Waals surface area contributed by atoms with Crippen LogP contribution in [0.3, 0.4) is 0 Å². The molecule has 4 aromatic rings. The van der Waals surface area contributed by atoms with E-state index in [9.17, 15) is 4.79 Å². The van der Waals surface area contributed by atoms with Crippen molar-refractivity contribution in [1.29, 1.82) is 0 Å². The SMILES string of the molecule is COc1ccc(N2CCC(c3c(OC)cc(OC)c4c(=O)cc(-c5ccccc5Cl)oc34)C2C)cc1. The average molecular weight is 506 g/mol. The molecule has 3 aromatic carbocycles. The van der Waals surface area contributed by atoms with Crippen LogP contribution in [-0.2, 0) is 0 Å². The second-order valence-electron chi connectivity index (χ2n) is 8.88. The maximum atomic E-state index is 13.4. The second kappa shape index (κ2) is 9.78. The third-order valence-corrected chi connectivity index (χ3v) is 7.40. The molecule has 1 aromatic heterocycles. The summed E-state index contributed by atoms with van der Waals surface area (Å²) in [5.74, 6) is 2.33. The summed E-state index contributed by atoms with van der Waals surface area (Å²) < 4.78 is 23.2. The van der Waals surface area contributed by atoms with Crippen molar-refractivity contribution in [3.63, 3.8) is 0 Å². The van der Waals surface area contributed by atoms with Crippen molar-refractivity contribution in [2.75, 3.05) is 32.8 Å². The monoisotopic (exact) mass is 505 g/mol. The standard InChI is InChI=1S/C29H28ClNO5/c1-17-20(13-14-31(17)18-9-11-19(33-2)12-10-18)27-25(34-3)16-26(35-4)28-23(32)15-24(36-29(27)28)21-7-5-6-8-22(21)30/h5-12,15-17,20H,13-14H2,1-4H3. The van der Waals surface area contributed by atoms with Gasteiger partial charge in [0.2, 0.25) is 0 Å². The maximum absolute atomic E-state index is 13.4. The first-order valence-electron chi connectivity index (χ1n) is 11.8. The number of hydrogen-bond donors (Lipinski definition) is 0. The van der Waals surface area contributed by atoms with Gasteiger partial charge in [0, 0.05) is 47.5 Å². The summed E-state index contributed by atoms with van der Waals surface area (Å²) >= 11 is 6.45. The number of rotatable bonds is 6. The van der Waals surface area contributed by atoms with Gasteiger partial charge in [0.15, 0.2) is 5.43 Å². The van der Waals surface area contributed by atoms with Gasteiger partial charge in [-0.05, 0) is 49.7 Å². The fourth-order valence-electron chi connectivity index (χ4n) is 5.24. The molecule has 1 saturated heterocycles. The van der Waals surface area contributed by atoms with Gasteiger partial charge in [-0.25, -0.2) is 0 Å². The predicted octanol–water partition coefficient (Wildman–Crippen LogP) is 6.52. The van der Waals surface area contributed by atoms with E-state index in [0.29, 0.717) is 38.8 Å². The molecule has 5 rings (SSSR count). The van der Waals surface area contributed by atoms with E-state index in [2.05, 4.69) is 24.0 Å². The smallest absolute Gasteiger partial charge is 0.197 e. The van der Waals surface area contributed by atoms with Gasteiger partial charge in [-0.3, -0.25) is 4.79 Å². The summed E-state index contributed by atoms with van der Waals surface area (Å²) in [6, 6.07) is 18.8. The summed E-state index contributed by atoms with van der Waals surface area (Å²) in [5, 5.41) is 0.913. The van der Waals surface area contributed by atoms with Crippen molar-refractivity contribution in [2.24, 2.45) is 0 Å². The molecule has 2 heterocycles. The summed E-state index contributed by atoms with van der Waals surface area (Å²) in [5.41, 5.74) is 2.92. The van der Waals surface area contributed by atoms with E-state index in [1.165, 1.54) is 6.07 Å². The first-order valence-corrected chi connectivity index (χ1v) is 12.2. The van der Waals surface area contributed by atoms with Crippen LogP contribution in [0, 0.1) is 0 Å². The zero-order chi connectivity index (χ0) is 25.4. The lowest BCUT2D eigenvalue weighted by molar-refractivity contribution is 0.388. The lowest BCUT2D eigenvalue weighted by Gasteiger charge is -2.28. The van der Waals surface area contributed by atoms with Crippen LogP contribution in [0.5, 0.6) is 17.2 Å². The Kier molecular flexibility index (Phi) is 6.54. The third kappa shape index (κ3) is 4.05. The zero-order valence-electron chi connectivity index (χ0n) is 20.7. The number of benzene rings is 3. The van der Waals surface area contributed by atoms with Crippen molar-refractivity contribution in [2.45, 2.75) is 25.3 Å². The van der Waals surface area contributed by atoms with Crippen LogP contribution in [-0.4, -0.2) is 33.9 Å². The van der Waals surface area contributed by atoms with E-state index in [0.717, 1.165) is 30.0 Å². The van der Waals surface area contributed by atoms with E-state index in [-0.39, 0.29) is 17.4 Å². The summed E-state index contributed by atoms with van der Waals surface area (Å²) in [6.45, 7) is 3.04. The van der Waals surface area contributed by atoms with Gasteiger partial charge < -0.3 is 23.5 Å². The molecule has 6 nitrogen and oxygen atoms in total. The molecule has 36 heavy (non-hydrogen) atoms. The summed E-state index contributed by atoms with van der Waals surface area (Å²) in [7, 11) is 4.83. The lowest BCUT2D eigenvalue weighted by atomic mass is 9.89. The molecule has 0 bridgehead atoms. The number of fused-ring (bicyclic) bond motifs is 1. The van der Waals surface area contributed by atoms with E-state index in [1.807, 2.05) is 30.3 Å². The zero-order valence-corrected chi connectivity index (χ0v) is 21.5. The van der Waals surface area contributed by atoms with Crippen LogP contribution >= 0.6 is 11.6 Å². The minimum absolute atomic E-state index is 0.0557. The Morgan fingerprint density at radius 1 is 0.944 bits per heavy atom. The average Bonchev–Trinajstić information content (AvgIpc) is 3.28. The number of methoxy groups -OCH3 is 3. The molecule has 0 N–H and O–H groups in total. The number of anilines is 1. The van der Waals surface area contributed by atoms with E-state index >= 15 is 0 Å². The van der Waals surface area contributed by atoms with Crippen LogP contribution in [0.1, 0.15) is 24.8 Å². The van der Waals surface area contributed by atoms with E-state index < -0.39 is 0 Å². The van der Waals surface area contributed by atoms with E-state index in [4.69, 9.17) is 30.2 Å². The second-order valence-corrected chi connectivity index (χ2v) is 9.29. The predicted molar refractivity (Wildman–Crippen MR) is 143 cm³/mol. The molecule has 7 heteroatoms. The normalized spacial score (nSPS) is 17.4. The molecular weight excluding hydrogens is 478 g/mol. The van der Waals surface area contributed by atoms with Crippen LogP contribution in [0.25, 0.3) is 22.3 Å². The fraction of sp³-hybridized carbons (Fsp3) is 0.276. The highest BCUT2D eigenvalue weighted by Gasteiger charge is 2.37. The van der Waals surface area contributed by atoms with Crippen LogP contribution in [0.4, 0.5) is 5.69 Å². The summed E-state index contributed by atoms with van der Waals surface area (Å²) in [6.07, 6.45) is 0.866. The van der Waals surface area contributed by atoms with Crippen molar-refractivity contribution >= 4 is 28.3 Å². The van der Waals surface area contributed by atoms with Crippen molar-refractivity contribution in [3.8, 4) is 28.6 Å². The molecule has 0 saturated carbocycles. The van der Waals surface area contributed by atoms with Gasteiger partial charge >= 0.3 is 0 Å². The minimum Gasteiger partial charge on any atom is -0.497 e. The Bertz CT molecular complexity index is 1460. The number of halogens is 1. The van der Waals surface area contributed by atoms with Crippen LogP contribution < -0.4 is 24.5 Å². The molecule has 1 fully saturated rings. The quantitative estimate of drug-likeness (QED) is 0.297. The fourth-order valence-corrected chi connectivity index (χ4v) is 5.46. The Balaban J connectivity index is 1.69. The highest BCUT2D eigenvalue weighted by atomic mass is 35.5. The van der Waals surface area contributed by atoms with Gasteiger partial charge in [0.05, 0.1) is 26.4 Å². The molecule has 1 aliphatic heterocycles. The highest BCUT2D eigenvalue weighted by molar-refractivity contribution is 6.33. The van der Waals surface area contributed by atoms with Gasteiger partial charge in [-0.1, -0.05) is 23.7 Å². The molecule has 2 unspecified atom stereocenters.